The van der Waals surface area contributed by atoms with Gasteiger partial charge in [-0.3, -0.25) is 4.79 Å². The summed E-state index contributed by atoms with van der Waals surface area (Å²) in [7, 11) is 1.33. The highest BCUT2D eigenvalue weighted by molar-refractivity contribution is 5.94. The van der Waals surface area contributed by atoms with Gasteiger partial charge >= 0.3 is 12.7 Å². The summed E-state index contributed by atoms with van der Waals surface area (Å²) in [6.07, 6.45) is 2.79. The van der Waals surface area contributed by atoms with Gasteiger partial charge in [0, 0.05) is 24.7 Å². The summed E-state index contributed by atoms with van der Waals surface area (Å²) in [6, 6.07) is 3.57. The lowest BCUT2D eigenvalue weighted by atomic mass is 10.0. The number of nitrogens with zero attached hydrogens (tertiary/aromatic N) is 2. The molecule has 0 spiro atoms. The fourth-order valence-corrected chi connectivity index (χ4v) is 3.96. The van der Waals surface area contributed by atoms with Gasteiger partial charge in [-0.2, -0.15) is 8.78 Å². The summed E-state index contributed by atoms with van der Waals surface area (Å²) >= 11 is 0. The van der Waals surface area contributed by atoms with Gasteiger partial charge in [-0.05, 0) is 56.7 Å². The number of piperidine rings is 1. The fraction of sp³-hybridized carbons (Fsp3) is 0.542. The van der Waals surface area contributed by atoms with Crippen LogP contribution in [0.15, 0.2) is 22.6 Å². The van der Waals surface area contributed by atoms with Crippen molar-refractivity contribution >= 4 is 24.4 Å². The molecule has 37 heavy (non-hydrogen) atoms. The number of benzene rings is 1. The minimum Gasteiger partial charge on any atom is -0.489 e. The lowest BCUT2D eigenvalue weighted by molar-refractivity contribution is -0.0515. The van der Waals surface area contributed by atoms with Crippen LogP contribution in [0.5, 0.6) is 11.5 Å². The van der Waals surface area contributed by atoms with Crippen LogP contribution in [0.1, 0.15) is 54.9 Å². The Balaban J connectivity index is 0.00000380. The average Bonchev–Trinajstić information content (AvgIpc) is 3.57. The van der Waals surface area contributed by atoms with Crippen LogP contribution < -0.4 is 20.5 Å². The summed E-state index contributed by atoms with van der Waals surface area (Å²) in [5, 5.41) is 2.93. The minimum absolute atomic E-state index is 0. The van der Waals surface area contributed by atoms with Crippen LogP contribution in [0, 0.1) is 5.92 Å². The number of aromatic nitrogens is 1. The third-order valence-corrected chi connectivity index (χ3v) is 6.12. The monoisotopic (exact) mass is 544 g/mol. The maximum atomic E-state index is 13.1. The molecule has 1 aromatic heterocycles. The summed E-state index contributed by atoms with van der Waals surface area (Å²) in [6.45, 7) is -0.0286. The molecule has 1 saturated carbocycles. The molecule has 10 nitrogen and oxygen atoms in total. The number of rotatable bonds is 9. The number of carbonyl (C=O) groups is 2. The SMILES string of the molecule is COC(=O)N1CCC(NC(=O)c2nc(-c3ccc(OC(F)F)c(OCC4CC4)c3)oc2C(C)N)CC1.Cl. The van der Waals surface area contributed by atoms with Crippen LogP contribution in [0.4, 0.5) is 13.6 Å². The topological polar surface area (TPSA) is 129 Å². The lowest BCUT2D eigenvalue weighted by Crippen LogP contribution is -2.46. The van der Waals surface area contributed by atoms with Gasteiger partial charge in [0.2, 0.25) is 5.89 Å². The van der Waals surface area contributed by atoms with Gasteiger partial charge in [0.1, 0.15) is 0 Å². The molecule has 0 bridgehead atoms. The summed E-state index contributed by atoms with van der Waals surface area (Å²) < 4.78 is 46.6. The van der Waals surface area contributed by atoms with E-state index in [-0.39, 0.29) is 47.3 Å². The van der Waals surface area contributed by atoms with Crippen LogP contribution in [0.25, 0.3) is 11.5 Å². The van der Waals surface area contributed by atoms with Gasteiger partial charge in [-0.25, -0.2) is 9.78 Å². The van der Waals surface area contributed by atoms with E-state index < -0.39 is 24.7 Å². The molecule has 1 atom stereocenters. The van der Waals surface area contributed by atoms with E-state index in [1.807, 2.05) is 0 Å². The highest BCUT2D eigenvalue weighted by Crippen LogP contribution is 2.37. The van der Waals surface area contributed by atoms with E-state index in [0.29, 0.717) is 44.0 Å². The standard InChI is InChI=1S/C24H30F2N4O6.ClH/c1-13(27)20-19(21(31)28-16-7-9-30(10-8-16)24(32)33-2)29-22(36-20)15-5-6-17(35-23(25)26)18(11-15)34-12-14-3-4-14;/h5-6,11,13-14,16,23H,3-4,7-10,12,27H2,1-2H3,(H,28,31);1H. The zero-order valence-corrected chi connectivity index (χ0v) is 21.4. The van der Waals surface area contributed by atoms with Crippen LogP contribution in [-0.4, -0.2) is 61.3 Å². The third-order valence-electron chi connectivity index (χ3n) is 6.12. The van der Waals surface area contributed by atoms with Gasteiger partial charge in [-0.1, -0.05) is 0 Å². The maximum absolute atomic E-state index is 13.1. The van der Waals surface area contributed by atoms with E-state index in [1.54, 1.807) is 11.8 Å². The van der Waals surface area contributed by atoms with E-state index >= 15 is 0 Å². The molecule has 2 aromatic rings. The fourth-order valence-electron chi connectivity index (χ4n) is 3.96. The van der Waals surface area contributed by atoms with Gasteiger partial charge in [-0.15, -0.1) is 12.4 Å². The lowest BCUT2D eigenvalue weighted by Gasteiger charge is -2.31. The average molecular weight is 545 g/mol. The smallest absolute Gasteiger partial charge is 0.409 e. The second-order valence-corrected chi connectivity index (χ2v) is 9.02. The number of nitrogens with one attached hydrogen (secondary N) is 1. The van der Waals surface area contributed by atoms with Crippen molar-refractivity contribution < 1.29 is 37.0 Å². The van der Waals surface area contributed by atoms with Gasteiger partial charge in [0.25, 0.3) is 5.91 Å². The number of nitrogens with two attached hydrogens (primary N) is 1. The van der Waals surface area contributed by atoms with Crippen LogP contribution in [0.2, 0.25) is 0 Å². The second-order valence-electron chi connectivity index (χ2n) is 9.02. The van der Waals surface area contributed by atoms with Crippen molar-refractivity contribution in [2.45, 2.75) is 51.3 Å². The molecule has 1 unspecified atom stereocenters. The number of likely N-dealkylation sites (tertiary alicyclic amines) is 1. The van der Waals surface area contributed by atoms with Crippen molar-refractivity contribution in [3.05, 3.63) is 29.7 Å². The molecule has 4 rings (SSSR count). The molecule has 1 saturated heterocycles. The predicted octanol–water partition coefficient (Wildman–Crippen LogP) is 4.13. The highest BCUT2D eigenvalue weighted by Gasteiger charge is 2.29. The molecule has 2 fully saturated rings. The first-order valence-electron chi connectivity index (χ1n) is 11.9. The van der Waals surface area contributed by atoms with Gasteiger partial charge < -0.3 is 34.6 Å². The first-order chi connectivity index (χ1) is 17.2. The second kappa shape index (κ2) is 12.4. The molecule has 0 radical (unpaired) electrons. The van der Waals surface area contributed by atoms with Crippen molar-refractivity contribution in [2.75, 3.05) is 26.8 Å². The third kappa shape index (κ3) is 7.22. The molecule has 2 aliphatic rings. The van der Waals surface area contributed by atoms with Crippen LogP contribution >= 0.6 is 12.4 Å². The number of hydrogen-bond acceptors (Lipinski definition) is 8. The highest BCUT2D eigenvalue weighted by atomic mass is 35.5. The van der Waals surface area contributed by atoms with E-state index in [2.05, 4.69) is 15.0 Å². The van der Waals surface area contributed by atoms with Crippen molar-refractivity contribution in [3.63, 3.8) is 0 Å². The van der Waals surface area contributed by atoms with Crippen molar-refractivity contribution in [2.24, 2.45) is 11.7 Å². The number of amides is 2. The van der Waals surface area contributed by atoms with E-state index in [1.165, 1.54) is 25.3 Å². The molecule has 2 amide bonds. The van der Waals surface area contributed by atoms with Crippen molar-refractivity contribution in [1.82, 2.24) is 15.2 Å². The van der Waals surface area contributed by atoms with E-state index in [9.17, 15) is 18.4 Å². The first-order valence-corrected chi connectivity index (χ1v) is 11.9. The number of ether oxygens (including phenoxy) is 3. The van der Waals surface area contributed by atoms with Crippen molar-refractivity contribution in [3.8, 4) is 23.0 Å². The van der Waals surface area contributed by atoms with Crippen LogP contribution in [0.3, 0.4) is 0 Å². The predicted molar refractivity (Wildman–Crippen MR) is 131 cm³/mol. The van der Waals surface area contributed by atoms with E-state index in [0.717, 1.165) is 12.8 Å². The Hall–Kier alpha value is -3.12. The number of oxazole rings is 1. The van der Waals surface area contributed by atoms with E-state index in [4.69, 9.17) is 19.6 Å². The zero-order chi connectivity index (χ0) is 25.8. The maximum Gasteiger partial charge on any atom is 0.409 e. The Bertz CT molecular complexity index is 1090. The number of hydrogen-bond donors (Lipinski definition) is 2. The number of methoxy groups -OCH3 is 1. The Kier molecular flexibility index (Phi) is 9.55. The molecule has 1 aliphatic carbocycles. The minimum atomic E-state index is -3.00. The number of alkyl halides is 2. The Morgan fingerprint density at radius 1 is 1.22 bits per heavy atom. The molecular weight excluding hydrogens is 514 g/mol. The molecule has 1 aliphatic heterocycles. The molecule has 1 aromatic carbocycles. The molecule has 204 valence electrons. The van der Waals surface area contributed by atoms with Crippen LogP contribution in [-0.2, 0) is 4.74 Å². The summed E-state index contributed by atoms with van der Waals surface area (Å²) in [5.74, 6) is 0.301. The number of carbonyl (C=O) groups excluding carboxylic acids is 2. The zero-order valence-electron chi connectivity index (χ0n) is 20.6. The van der Waals surface area contributed by atoms with Gasteiger partial charge in [0.05, 0.1) is 19.8 Å². The quantitative estimate of drug-likeness (QED) is 0.482. The van der Waals surface area contributed by atoms with Gasteiger partial charge in [0.15, 0.2) is 23.0 Å². The molecule has 3 N–H and O–H groups in total. The number of halogens is 3. The Labute approximate surface area is 219 Å². The first kappa shape index (κ1) is 28.5. The molecular formula is C24H31ClF2N4O6. The summed E-state index contributed by atoms with van der Waals surface area (Å²) in [5.41, 5.74) is 6.51. The normalized spacial score (nSPS) is 16.6. The summed E-state index contributed by atoms with van der Waals surface area (Å²) in [4.78, 5) is 30.7. The molecule has 13 heteroatoms. The Morgan fingerprint density at radius 3 is 2.51 bits per heavy atom. The largest absolute Gasteiger partial charge is 0.489 e. The molecule has 2 heterocycles. The Morgan fingerprint density at radius 2 is 1.92 bits per heavy atom. The van der Waals surface area contributed by atoms with Crippen molar-refractivity contribution in [1.29, 1.82) is 0 Å².